The Morgan fingerprint density at radius 1 is 1.37 bits per heavy atom. The van der Waals surface area contributed by atoms with Crippen molar-refractivity contribution in [3.05, 3.63) is 18.2 Å². The number of rotatable bonds is 6. The Kier molecular flexibility index (Phi) is 5.39. The Morgan fingerprint density at radius 2 is 2.16 bits per heavy atom. The van der Waals surface area contributed by atoms with Crippen molar-refractivity contribution in [1.82, 2.24) is 19.8 Å². The van der Waals surface area contributed by atoms with Crippen LogP contribution in [0.25, 0.3) is 0 Å². The van der Waals surface area contributed by atoms with Crippen LogP contribution in [0.2, 0.25) is 0 Å². The number of aromatic nitrogens is 2. The first-order valence-corrected chi connectivity index (χ1v) is 7.29. The largest absolute Gasteiger partial charge is 0.343 e. The minimum absolute atomic E-state index is 0.283. The minimum Gasteiger partial charge on any atom is -0.343 e. The van der Waals surface area contributed by atoms with Gasteiger partial charge in [-0.25, -0.2) is 4.98 Å². The SMILES string of the molecule is CCn1ccnc1CNCCC(=O)N1CCCCC1. The van der Waals surface area contributed by atoms with Gasteiger partial charge in [-0.2, -0.15) is 0 Å². The molecule has 0 saturated carbocycles. The predicted octanol–water partition coefficient (Wildman–Crippen LogP) is 1.40. The Hall–Kier alpha value is -1.36. The summed E-state index contributed by atoms with van der Waals surface area (Å²) in [5, 5.41) is 3.30. The number of likely N-dealkylation sites (tertiary alicyclic amines) is 1. The van der Waals surface area contributed by atoms with E-state index in [4.69, 9.17) is 0 Å². The summed E-state index contributed by atoms with van der Waals surface area (Å²) in [6, 6.07) is 0. The second-order valence-corrected chi connectivity index (χ2v) is 5.00. The molecule has 0 spiro atoms. The predicted molar refractivity (Wildman–Crippen MR) is 74.7 cm³/mol. The number of aryl methyl sites for hydroxylation is 1. The van der Waals surface area contributed by atoms with E-state index in [-0.39, 0.29) is 5.91 Å². The number of hydrogen-bond acceptors (Lipinski definition) is 3. The Balaban J connectivity index is 1.65. The van der Waals surface area contributed by atoms with Crippen LogP contribution in [0.3, 0.4) is 0 Å². The van der Waals surface area contributed by atoms with Crippen LogP contribution in [0.15, 0.2) is 12.4 Å². The summed E-state index contributed by atoms with van der Waals surface area (Å²) in [6.45, 7) is 6.38. The van der Waals surface area contributed by atoms with Gasteiger partial charge in [0.15, 0.2) is 0 Å². The van der Waals surface area contributed by atoms with Gasteiger partial charge in [0.2, 0.25) is 5.91 Å². The van der Waals surface area contributed by atoms with Crippen molar-refractivity contribution >= 4 is 5.91 Å². The van der Waals surface area contributed by atoms with Crippen LogP contribution < -0.4 is 5.32 Å². The van der Waals surface area contributed by atoms with Gasteiger partial charge in [0.1, 0.15) is 5.82 Å². The molecular formula is C14H24N4O. The van der Waals surface area contributed by atoms with Gasteiger partial charge < -0.3 is 14.8 Å². The molecule has 1 aliphatic rings. The summed E-state index contributed by atoms with van der Waals surface area (Å²) in [5.41, 5.74) is 0. The first kappa shape index (κ1) is 14.1. The third-order valence-corrected chi connectivity index (χ3v) is 3.65. The van der Waals surface area contributed by atoms with Gasteiger partial charge in [0, 0.05) is 45.0 Å². The number of nitrogens with one attached hydrogen (secondary N) is 1. The van der Waals surface area contributed by atoms with Gasteiger partial charge in [0.25, 0.3) is 0 Å². The first-order valence-electron chi connectivity index (χ1n) is 7.29. The first-order chi connectivity index (χ1) is 9.31. The number of carbonyl (C=O) groups excluding carboxylic acids is 1. The maximum absolute atomic E-state index is 11.9. The Bertz CT molecular complexity index is 396. The van der Waals surface area contributed by atoms with Crippen molar-refractivity contribution in [3.8, 4) is 0 Å². The van der Waals surface area contributed by atoms with Crippen molar-refractivity contribution in [1.29, 1.82) is 0 Å². The lowest BCUT2D eigenvalue weighted by molar-refractivity contribution is -0.131. The smallest absolute Gasteiger partial charge is 0.223 e. The maximum Gasteiger partial charge on any atom is 0.223 e. The molecule has 1 fully saturated rings. The van der Waals surface area contributed by atoms with Crippen LogP contribution in [0.5, 0.6) is 0 Å². The number of piperidine rings is 1. The normalized spacial score (nSPS) is 15.7. The van der Waals surface area contributed by atoms with Crippen LogP contribution in [-0.2, 0) is 17.9 Å². The number of imidazole rings is 1. The molecule has 0 aliphatic carbocycles. The molecule has 1 saturated heterocycles. The highest BCUT2D eigenvalue weighted by molar-refractivity contribution is 5.76. The molecule has 2 heterocycles. The molecule has 0 bridgehead atoms. The fraction of sp³-hybridized carbons (Fsp3) is 0.714. The van der Waals surface area contributed by atoms with Crippen LogP contribution in [-0.4, -0.2) is 40.0 Å². The van der Waals surface area contributed by atoms with Gasteiger partial charge in [-0.15, -0.1) is 0 Å². The summed E-state index contributed by atoms with van der Waals surface area (Å²) < 4.78 is 2.11. The number of amides is 1. The zero-order valence-corrected chi connectivity index (χ0v) is 11.8. The molecule has 2 rings (SSSR count). The molecule has 5 heteroatoms. The van der Waals surface area contributed by atoms with E-state index in [0.29, 0.717) is 6.42 Å². The molecule has 1 aromatic heterocycles. The van der Waals surface area contributed by atoms with E-state index in [1.165, 1.54) is 6.42 Å². The van der Waals surface area contributed by atoms with Gasteiger partial charge in [-0.05, 0) is 26.2 Å². The second kappa shape index (κ2) is 7.28. The standard InChI is InChI=1S/C14H24N4O/c1-2-17-11-8-16-13(17)12-15-7-6-14(19)18-9-4-3-5-10-18/h8,11,15H,2-7,9-10,12H2,1H3. The third kappa shape index (κ3) is 4.06. The van der Waals surface area contributed by atoms with Crippen LogP contribution in [0.1, 0.15) is 38.4 Å². The highest BCUT2D eigenvalue weighted by atomic mass is 16.2. The molecule has 1 aliphatic heterocycles. The van der Waals surface area contributed by atoms with Gasteiger partial charge >= 0.3 is 0 Å². The summed E-state index contributed by atoms with van der Waals surface area (Å²) in [7, 11) is 0. The molecule has 5 nitrogen and oxygen atoms in total. The van der Waals surface area contributed by atoms with E-state index in [1.807, 2.05) is 17.3 Å². The van der Waals surface area contributed by atoms with Gasteiger partial charge in [-0.3, -0.25) is 4.79 Å². The zero-order chi connectivity index (χ0) is 13.5. The Labute approximate surface area is 115 Å². The molecule has 106 valence electrons. The Morgan fingerprint density at radius 3 is 2.89 bits per heavy atom. The lowest BCUT2D eigenvalue weighted by Gasteiger charge is -2.26. The molecule has 0 unspecified atom stereocenters. The van der Waals surface area contributed by atoms with E-state index in [2.05, 4.69) is 21.8 Å². The van der Waals surface area contributed by atoms with Gasteiger partial charge in [-0.1, -0.05) is 0 Å². The summed E-state index contributed by atoms with van der Waals surface area (Å²) in [5.74, 6) is 1.32. The zero-order valence-electron chi connectivity index (χ0n) is 11.8. The molecule has 0 atom stereocenters. The topological polar surface area (TPSA) is 50.2 Å². The van der Waals surface area contributed by atoms with Crippen molar-refractivity contribution in [2.75, 3.05) is 19.6 Å². The number of hydrogen-bond donors (Lipinski definition) is 1. The fourth-order valence-electron chi connectivity index (χ4n) is 2.49. The highest BCUT2D eigenvalue weighted by Gasteiger charge is 2.15. The van der Waals surface area contributed by atoms with Crippen molar-refractivity contribution < 1.29 is 4.79 Å². The summed E-state index contributed by atoms with van der Waals surface area (Å²) >= 11 is 0. The highest BCUT2D eigenvalue weighted by Crippen LogP contribution is 2.09. The molecule has 0 aromatic carbocycles. The van der Waals surface area contributed by atoms with E-state index in [9.17, 15) is 4.79 Å². The van der Waals surface area contributed by atoms with Crippen molar-refractivity contribution in [2.45, 2.75) is 45.7 Å². The van der Waals surface area contributed by atoms with E-state index in [1.54, 1.807) is 0 Å². The lowest BCUT2D eigenvalue weighted by Crippen LogP contribution is -2.37. The third-order valence-electron chi connectivity index (χ3n) is 3.65. The van der Waals surface area contributed by atoms with E-state index in [0.717, 1.165) is 51.4 Å². The van der Waals surface area contributed by atoms with Crippen LogP contribution in [0.4, 0.5) is 0 Å². The average molecular weight is 264 g/mol. The molecule has 0 radical (unpaired) electrons. The summed E-state index contributed by atoms with van der Waals surface area (Å²) in [6.07, 6.45) is 7.98. The molecule has 1 N–H and O–H groups in total. The van der Waals surface area contributed by atoms with Crippen LogP contribution >= 0.6 is 0 Å². The van der Waals surface area contributed by atoms with Crippen molar-refractivity contribution in [2.24, 2.45) is 0 Å². The summed E-state index contributed by atoms with van der Waals surface area (Å²) in [4.78, 5) is 18.2. The second-order valence-electron chi connectivity index (χ2n) is 5.00. The van der Waals surface area contributed by atoms with Crippen LogP contribution in [0, 0.1) is 0 Å². The van der Waals surface area contributed by atoms with E-state index >= 15 is 0 Å². The number of nitrogens with zero attached hydrogens (tertiary/aromatic N) is 3. The average Bonchev–Trinajstić information content (AvgIpc) is 2.91. The number of carbonyl (C=O) groups is 1. The van der Waals surface area contributed by atoms with Gasteiger partial charge in [0.05, 0.1) is 6.54 Å². The van der Waals surface area contributed by atoms with E-state index < -0.39 is 0 Å². The minimum atomic E-state index is 0.283. The monoisotopic (exact) mass is 264 g/mol. The molecular weight excluding hydrogens is 240 g/mol. The lowest BCUT2D eigenvalue weighted by atomic mass is 10.1. The maximum atomic E-state index is 11.9. The quantitative estimate of drug-likeness (QED) is 0.790. The van der Waals surface area contributed by atoms with Crippen molar-refractivity contribution in [3.63, 3.8) is 0 Å². The molecule has 19 heavy (non-hydrogen) atoms. The molecule has 1 amide bonds. The molecule has 1 aromatic rings. The fourth-order valence-corrected chi connectivity index (χ4v) is 2.49.